The van der Waals surface area contributed by atoms with Gasteiger partial charge in [-0.05, 0) is 22.4 Å². The van der Waals surface area contributed by atoms with Gasteiger partial charge in [-0.25, -0.2) is 0 Å². The Labute approximate surface area is 105 Å². The van der Waals surface area contributed by atoms with E-state index in [1.54, 1.807) is 11.3 Å². The van der Waals surface area contributed by atoms with E-state index in [0.717, 1.165) is 15.3 Å². The molecule has 0 spiro atoms. The summed E-state index contributed by atoms with van der Waals surface area (Å²) in [4.78, 5) is 0. The lowest BCUT2D eigenvalue weighted by Crippen LogP contribution is -1.85. The number of rotatable bonds is 8. The molecule has 86 valence electrons. The summed E-state index contributed by atoms with van der Waals surface area (Å²) in [5.74, 6) is 0. The minimum Gasteiger partial charge on any atom is -0.143 e. The van der Waals surface area contributed by atoms with Gasteiger partial charge in [0.15, 0.2) is 3.92 Å². The van der Waals surface area contributed by atoms with Crippen molar-refractivity contribution in [2.24, 2.45) is 0 Å². The van der Waals surface area contributed by atoms with Crippen molar-refractivity contribution in [1.29, 1.82) is 0 Å². The molecule has 0 unspecified atom stereocenters. The molecular weight excluding hydrogens is 272 g/mol. The Hall–Kier alpha value is 0.0400. The molecule has 2 nitrogen and oxygen atoms in total. The Morgan fingerprint density at radius 1 is 1.00 bits per heavy atom. The van der Waals surface area contributed by atoms with E-state index >= 15 is 0 Å². The maximum Gasteiger partial charge on any atom is 0.183 e. The highest BCUT2D eigenvalue weighted by atomic mass is 79.9. The van der Waals surface area contributed by atoms with Crippen LogP contribution in [0.3, 0.4) is 0 Å². The maximum absolute atomic E-state index is 4.08. The summed E-state index contributed by atoms with van der Waals surface area (Å²) < 4.78 is 0.903. The van der Waals surface area contributed by atoms with E-state index in [1.165, 1.54) is 44.9 Å². The topological polar surface area (TPSA) is 25.8 Å². The standard InChI is InChI=1S/C11H19BrN2S/c1-2-3-4-5-6-7-8-9-10-13-14-11(12)15-10/h2-9H2,1H3. The summed E-state index contributed by atoms with van der Waals surface area (Å²) in [5.41, 5.74) is 0. The third-order valence-electron chi connectivity index (χ3n) is 2.44. The van der Waals surface area contributed by atoms with Crippen molar-refractivity contribution in [2.45, 2.75) is 58.3 Å². The first-order valence-electron chi connectivity index (χ1n) is 5.81. The normalized spacial score (nSPS) is 10.8. The summed E-state index contributed by atoms with van der Waals surface area (Å²) in [6.07, 6.45) is 10.6. The minimum atomic E-state index is 0.903. The van der Waals surface area contributed by atoms with Gasteiger partial charge in [0.25, 0.3) is 0 Å². The summed E-state index contributed by atoms with van der Waals surface area (Å²) in [6, 6.07) is 0. The van der Waals surface area contributed by atoms with E-state index in [2.05, 4.69) is 33.1 Å². The highest BCUT2D eigenvalue weighted by Gasteiger charge is 2.00. The van der Waals surface area contributed by atoms with Crippen LogP contribution in [-0.4, -0.2) is 10.2 Å². The lowest BCUT2D eigenvalue weighted by Gasteiger charge is -1.99. The van der Waals surface area contributed by atoms with Gasteiger partial charge in [0.1, 0.15) is 5.01 Å². The van der Waals surface area contributed by atoms with Crippen LogP contribution in [0.25, 0.3) is 0 Å². The van der Waals surface area contributed by atoms with Gasteiger partial charge in [-0.2, -0.15) is 0 Å². The predicted molar refractivity (Wildman–Crippen MR) is 69.3 cm³/mol. The first kappa shape index (κ1) is 13.1. The fourth-order valence-corrected chi connectivity index (χ4v) is 2.81. The fraction of sp³-hybridized carbons (Fsp3) is 0.818. The SMILES string of the molecule is CCCCCCCCCc1nnc(Br)s1. The van der Waals surface area contributed by atoms with E-state index in [4.69, 9.17) is 0 Å². The summed E-state index contributed by atoms with van der Waals surface area (Å²) in [7, 11) is 0. The van der Waals surface area contributed by atoms with E-state index < -0.39 is 0 Å². The van der Waals surface area contributed by atoms with E-state index in [1.807, 2.05) is 0 Å². The van der Waals surface area contributed by atoms with E-state index in [-0.39, 0.29) is 0 Å². The summed E-state index contributed by atoms with van der Waals surface area (Å²) in [5, 5.41) is 9.19. The van der Waals surface area contributed by atoms with E-state index in [0.29, 0.717) is 0 Å². The minimum absolute atomic E-state index is 0.903. The van der Waals surface area contributed by atoms with Gasteiger partial charge < -0.3 is 0 Å². The monoisotopic (exact) mass is 290 g/mol. The van der Waals surface area contributed by atoms with Crippen molar-refractivity contribution in [2.75, 3.05) is 0 Å². The van der Waals surface area contributed by atoms with E-state index in [9.17, 15) is 0 Å². The van der Waals surface area contributed by atoms with Crippen LogP contribution in [0.1, 0.15) is 56.9 Å². The van der Waals surface area contributed by atoms with Crippen LogP contribution in [0.15, 0.2) is 3.92 Å². The van der Waals surface area contributed by atoms with Crippen LogP contribution in [0.4, 0.5) is 0 Å². The van der Waals surface area contributed by atoms with Gasteiger partial charge in [0.2, 0.25) is 0 Å². The van der Waals surface area contributed by atoms with Crippen LogP contribution in [0.5, 0.6) is 0 Å². The molecule has 0 bridgehead atoms. The quantitative estimate of drug-likeness (QED) is 0.654. The highest BCUT2D eigenvalue weighted by molar-refractivity contribution is 9.11. The van der Waals surface area contributed by atoms with Gasteiger partial charge in [-0.15, -0.1) is 10.2 Å². The first-order valence-corrected chi connectivity index (χ1v) is 7.41. The predicted octanol–water partition coefficient (Wildman–Crippen LogP) is 4.59. The van der Waals surface area contributed by atoms with Crippen LogP contribution < -0.4 is 0 Å². The summed E-state index contributed by atoms with van der Waals surface area (Å²) >= 11 is 4.98. The molecule has 15 heavy (non-hydrogen) atoms. The van der Waals surface area contributed by atoms with Crippen molar-refractivity contribution in [3.63, 3.8) is 0 Å². The van der Waals surface area contributed by atoms with Crippen molar-refractivity contribution >= 4 is 27.3 Å². The van der Waals surface area contributed by atoms with Gasteiger partial charge >= 0.3 is 0 Å². The maximum atomic E-state index is 4.08. The number of aromatic nitrogens is 2. The van der Waals surface area contributed by atoms with Gasteiger partial charge in [-0.3, -0.25) is 0 Å². The largest absolute Gasteiger partial charge is 0.183 e. The average Bonchev–Trinajstić information content (AvgIpc) is 2.63. The molecular formula is C11H19BrN2S. The lowest BCUT2D eigenvalue weighted by molar-refractivity contribution is 0.588. The van der Waals surface area contributed by atoms with Crippen molar-refractivity contribution in [3.8, 4) is 0 Å². The molecule has 0 amide bonds. The fourth-order valence-electron chi connectivity index (χ4n) is 1.57. The van der Waals surface area contributed by atoms with Gasteiger partial charge in [0, 0.05) is 6.42 Å². The molecule has 0 aliphatic rings. The van der Waals surface area contributed by atoms with Crippen molar-refractivity contribution in [1.82, 2.24) is 10.2 Å². The Balaban J connectivity index is 1.93. The van der Waals surface area contributed by atoms with Crippen LogP contribution in [0, 0.1) is 0 Å². The van der Waals surface area contributed by atoms with Gasteiger partial charge in [-0.1, -0.05) is 56.8 Å². The molecule has 1 rings (SSSR count). The molecule has 0 saturated heterocycles. The molecule has 0 aromatic carbocycles. The van der Waals surface area contributed by atoms with Crippen LogP contribution in [-0.2, 0) is 6.42 Å². The molecule has 0 aliphatic heterocycles. The zero-order chi connectivity index (χ0) is 10.9. The second-order valence-electron chi connectivity index (χ2n) is 3.82. The van der Waals surface area contributed by atoms with Crippen molar-refractivity contribution in [3.05, 3.63) is 8.92 Å². The van der Waals surface area contributed by atoms with Crippen LogP contribution >= 0.6 is 27.3 Å². The molecule has 0 saturated carbocycles. The molecule has 1 aromatic heterocycles. The zero-order valence-electron chi connectivity index (χ0n) is 9.34. The molecule has 0 atom stereocenters. The van der Waals surface area contributed by atoms with Gasteiger partial charge in [0.05, 0.1) is 0 Å². The Bertz CT molecular complexity index is 263. The Kier molecular flexibility index (Phi) is 7.18. The molecule has 1 heterocycles. The zero-order valence-corrected chi connectivity index (χ0v) is 11.7. The first-order chi connectivity index (χ1) is 7.33. The second-order valence-corrected chi connectivity index (χ2v) is 6.16. The lowest BCUT2D eigenvalue weighted by atomic mass is 10.1. The third kappa shape index (κ3) is 6.25. The Morgan fingerprint density at radius 2 is 1.67 bits per heavy atom. The molecule has 1 aromatic rings. The number of hydrogen-bond acceptors (Lipinski definition) is 3. The number of nitrogens with zero attached hydrogens (tertiary/aromatic N) is 2. The molecule has 0 radical (unpaired) electrons. The molecule has 4 heteroatoms. The number of halogens is 1. The number of aryl methyl sites for hydroxylation is 1. The number of unbranched alkanes of at least 4 members (excludes halogenated alkanes) is 6. The summed E-state index contributed by atoms with van der Waals surface area (Å²) in [6.45, 7) is 2.26. The second kappa shape index (κ2) is 8.22. The highest BCUT2D eigenvalue weighted by Crippen LogP contribution is 2.18. The average molecular weight is 291 g/mol. The Morgan fingerprint density at radius 3 is 2.27 bits per heavy atom. The number of hydrogen-bond donors (Lipinski definition) is 0. The van der Waals surface area contributed by atoms with Crippen molar-refractivity contribution < 1.29 is 0 Å². The third-order valence-corrected chi connectivity index (χ3v) is 3.85. The smallest absolute Gasteiger partial charge is 0.143 e. The molecule has 0 aliphatic carbocycles. The van der Waals surface area contributed by atoms with Crippen LogP contribution in [0.2, 0.25) is 0 Å². The molecule has 0 fully saturated rings. The molecule has 0 N–H and O–H groups in total.